The van der Waals surface area contributed by atoms with Gasteiger partial charge in [0.1, 0.15) is 0 Å². The highest BCUT2D eigenvalue weighted by Gasteiger charge is 2.25. The SMILES string of the molecule is O=C(O)CCCn1c(O)c(/C=C2/C(=O)Nc3cc(Br)ccc32)sc1=S. The molecule has 0 atom stereocenters. The molecule has 0 bridgehead atoms. The van der Waals surface area contributed by atoms with Gasteiger partial charge in [-0.1, -0.05) is 22.0 Å². The molecule has 9 heteroatoms. The van der Waals surface area contributed by atoms with Crippen molar-refractivity contribution >= 4 is 68.7 Å². The Hall–Kier alpha value is -1.97. The number of hydrogen-bond acceptors (Lipinski definition) is 5. The zero-order valence-electron chi connectivity index (χ0n) is 12.8. The van der Waals surface area contributed by atoms with E-state index >= 15 is 0 Å². The van der Waals surface area contributed by atoms with E-state index in [2.05, 4.69) is 21.2 Å². The molecule has 3 N–H and O–H groups in total. The Bertz CT molecular complexity index is 962. The predicted octanol–water partition coefficient (Wildman–Crippen LogP) is 4.10. The number of benzene rings is 1. The van der Waals surface area contributed by atoms with Gasteiger partial charge in [0.2, 0.25) is 5.88 Å². The highest BCUT2D eigenvalue weighted by molar-refractivity contribution is 9.10. The highest BCUT2D eigenvalue weighted by Crippen LogP contribution is 2.37. The van der Waals surface area contributed by atoms with Crippen LogP contribution in [0.25, 0.3) is 11.6 Å². The molecule has 6 nitrogen and oxygen atoms in total. The lowest BCUT2D eigenvalue weighted by atomic mass is 10.1. The molecular formula is C16H13BrN2O4S2. The van der Waals surface area contributed by atoms with Crippen molar-refractivity contribution in [2.75, 3.05) is 5.32 Å². The molecule has 1 amide bonds. The summed E-state index contributed by atoms with van der Waals surface area (Å²) >= 11 is 9.79. The third kappa shape index (κ3) is 3.68. The average molecular weight is 441 g/mol. The molecular weight excluding hydrogens is 428 g/mol. The van der Waals surface area contributed by atoms with Crippen molar-refractivity contribution < 1.29 is 19.8 Å². The first-order valence-electron chi connectivity index (χ1n) is 7.34. The van der Waals surface area contributed by atoms with Crippen molar-refractivity contribution in [1.29, 1.82) is 0 Å². The second kappa shape index (κ2) is 7.11. The van der Waals surface area contributed by atoms with Crippen LogP contribution in [0.4, 0.5) is 5.69 Å². The molecule has 2 heterocycles. The summed E-state index contributed by atoms with van der Waals surface area (Å²) in [6.07, 6.45) is 1.97. The first-order valence-corrected chi connectivity index (χ1v) is 9.36. The number of aliphatic carboxylic acids is 1. The number of carboxylic acids is 1. The number of fused-ring (bicyclic) bond motifs is 1. The van der Waals surface area contributed by atoms with Crippen LogP contribution < -0.4 is 5.32 Å². The molecule has 0 aliphatic carbocycles. The molecule has 3 rings (SSSR count). The van der Waals surface area contributed by atoms with E-state index in [0.717, 1.165) is 10.0 Å². The van der Waals surface area contributed by atoms with E-state index in [1.165, 1.54) is 15.9 Å². The number of aromatic nitrogens is 1. The van der Waals surface area contributed by atoms with Gasteiger partial charge in [0.05, 0.1) is 16.1 Å². The van der Waals surface area contributed by atoms with E-state index in [1.807, 2.05) is 18.2 Å². The van der Waals surface area contributed by atoms with E-state index in [0.29, 0.717) is 33.1 Å². The summed E-state index contributed by atoms with van der Waals surface area (Å²) < 4.78 is 2.78. The molecule has 25 heavy (non-hydrogen) atoms. The molecule has 0 saturated carbocycles. The van der Waals surface area contributed by atoms with Gasteiger partial charge in [-0.05, 0) is 36.8 Å². The second-order valence-electron chi connectivity index (χ2n) is 5.41. The van der Waals surface area contributed by atoms with Gasteiger partial charge in [-0.25, -0.2) is 0 Å². The summed E-state index contributed by atoms with van der Waals surface area (Å²) in [5, 5.41) is 21.9. The molecule has 0 saturated heterocycles. The van der Waals surface area contributed by atoms with Crippen LogP contribution in [-0.2, 0) is 16.1 Å². The minimum atomic E-state index is -0.894. The van der Waals surface area contributed by atoms with Gasteiger partial charge in [0.25, 0.3) is 5.91 Å². The van der Waals surface area contributed by atoms with E-state index in [1.54, 1.807) is 6.08 Å². The summed E-state index contributed by atoms with van der Waals surface area (Å²) in [5.74, 6) is -1.19. The third-order valence-electron chi connectivity index (χ3n) is 3.71. The van der Waals surface area contributed by atoms with Crippen molar-refractivity contribution in [2.24, 2.45) is 0 Å². The van der Waals surface area contributed by atoms with E-state index in [-0.39, 0.29) is 18.2 Å². The Morgan fingerprint density at radius 1 is 1.44 bits per heavy atom. The smallest absolute Gasteiger partial charge is 0.303 e. The number of anilines is 1. The van der Waals surface area contributed by atoms with Crippen molar-refractivity contribution in [3.8, 4) is 5.88 Å². The normalized spacial score (nSPS) is 14.6. The van der Waals surface area contributed by atoms with Crippen LogP contribution in [-0.4, -0.2) is 26.7 Å². The number of carbonyl (C=O) groups excluding carboxylic acids is 1. The number of nitrogens with one attached hydrogen (secondary N) is 1. The van der Waals surface area contributed by atoms with E-state index in [9.17, 15) is 14.7 Å². The van der Waals surface area contributed by atoms with Crippen molar-refractivity contribution in [1.82, 2.24) is 4.57 Å². The monoisotopic (exact) mass is 440 g/mol. The van der Waals surface area contributed by atoms with Crippen molar-refractivity contribution in [3.05, 3.63) is 37.1 Å². The Kier molecular flexibility index (Phi) is 5.07. The van der Waals surface area contributed by atoms with Crippen LogP contribution in [0.1, 0.15) is 23.3 Å². The summed E-state index contributed by atoms with van der Waals surface area (Å²) in [6, 6.07) is 5.47. The fraction of sp³-hybridized carbons (Fsp3) is 0.188. The third-order valence-corrected chi connectivity index (χ3v) is 5.59. The number of thiazole rings is 1. The molecule has 2 aromatic rings. The maximum absolute atomic E-state index is 12.2. The van der Waals surface area contributed by atoms with Gasteiger partial charge in [-0.15, -0.1) is 11.3 Å². The minimum absolute atomic E-state index is 0.00184. The van der Waals surface area contributed by atoms with Crippen LogP contribution in [0.15, 0.2) is 22.7 Å². The highest BCUT2D eigenvalue weighted by atomic mass is 79.9. The van der Waals surface area contributed by atoms with Crippen LogP contribution in [0, 0.1) is 3.95 Å². The number of amides is 1. The molecule has 0 radical (unpaired) electrons. The van der Waals surface area contributed by atoms with E-state index < -0.39 is 5.97 Å². The Morgan fingerprint density at radius 2 is 2.20 bits per heavy atom. The molecule has 0 unspecified atom stereocenters. The number of hydrogen-bond donors (Lipinski definition) is 3. The summed E-state index contributed by atoms with van der Waals surface area (Å²) in [5.41, 5.74) is 1.91. The molecule has 1 aromatic heterocycles. The van der Waals surface area contributed by atoms with Gasteiger partial charge in [-0.2, -0.15) is 0 Å². The molecule has 1 aliphatic heterocycles. The fourth-order valence-electron chi connectivity index (χ4n) is 2.53. The number of aromatic hydroxyl groups is 1. The van der Waals surface area contributed by atoms with E-state index in [4.69, 9.17) is 17.3 Å². The fourth-order valence-corrected chi connectivity index (χ4v) is 4.20. The molecule has 1 aliphatic rings. The van der Waals surface area contributed by atoms with Gasteiger partial charge < -0.3 is 15.5 Å². The van der Waals surface area contributed by atoms with Crippen LogP contribution in [0.2, 0.25) is 0 Å². The lowest BCUT2D eigenvalue weighted by molar-refractivity contribution is -0.137. The van der Waals surface area contributed by atoms with Crippen molar-refractivity contribution in [3.63, 3.8) is 0 Å². The van der Waals surface area contributed by atoms with Gasteiger partial charge in [-0.3, -0.25) is 14.2 Å². The first-order chi connectivity index (χ1) is 11.9. The first kappa shape index (κ1) is 17.8. The standard InChI is InChI=1S/C16H13BrN2O4S2/c17-8-3-4-9-10(14(22)18-11(9)6-8)7-12-15(23)19(16(24)25-12)5-1-2-13(20)21/h3-4,6-7,23H,1-2,5H2,(H,18,22)(H,20,21)/b10-7+. The number of nitrogens with zero attached hydrogens (tertiary/aromatic N) is 1. The maximum Gasteiger partial charge on any atom is 0.303 e. The minimum Gasteiger partial charge on any atom is -0.493 e. The van der Waals surface area contributed by atoms with Crippen molar-refractivity contribution in [2.45, 2.75) is 19.4 Å². The maximum atomic E-state index is 12.2. The average Bonchev–Trinajstić information content (AvgIpc) is 2.98. The van der Waals surface area contributed by atoms with Crippen LogP contribution in [0.3, 0.4) is 0 Å². The zero-order chi connectivity index (χ0) is 18.1. The topological polar surface area (TPSA) is 91.6 Å². The summed E-state index contributed by atoms with van der Waals surface area (Å²) in [6.45, 7) is 0.312. The number of carboxylic acid groups (broad SMARTS) is 1. The predicted molar refractivity (Wildman–Crippen MR) is 102 cm³/mol. The second-order valence-corrected chi connectivity index (χ2v) is 8.00. The lowest BCUT2D eigenvalue weighted by Gasteiger charge is -2.03. The molecule has 1 aromatic carbocycles. The van der Waals surface area contributed by atoms with Crippen LogP contribution >= 0.6 is 39.5 Å². The Morgan fingerprint density at radius 3 is 2.92 bits per heavy atom. The zero-order valence-corrected chi connectivity index (χ0v) is 16.0. The lowest BCUT2D eigenvalue weighted by Crippen LogP contribution is -2.03. The summed E-state index contributed by atoms with van der Waals surface area (Å²) in [7, 11) is 0. The molecule has 130 valence electrons. The van der Waals surface area contributed by atoms with Gasteiger partial charge in [0.15, 0.2) is 3.95 Å². The quantitative estimate of drug-likeness (QED) is 0.480. The van der Waals surface area contributed by atoms with Crippen LogP contribution in [0.5, 0.6) is 5.88 Å². The molecule has 0 fully saturated rings. The van der Waals surface area contributed by atoms with Gasteiger partial charge in [0, 0.05) is 23.0 Å². The Labute approximate surface area is 160 Å². The Balaban J connectivity index is 1.94. The van der Waals surface area contributed by atoms with Gasteiger partial charge >= 0.3 is 5.97 Å². The molecule has 0 spiro atoms. The number of rotatable bonds is 5. The summed E-state index contributed by atoms with van der Waals surface area (Å²) in [4.78, 5) is 23.3. The largest absolute Gasteiger partial charge is 0.493 e. The number of halogens is 1. The number of carbonyl (C=O) groups is 2.